The molecule has 4 heteroatoms. The van der Waals surface area contributed by atoms with Crippen molar-refractivity contribution in [3.05, 3.63) is 53.6 Å². The number of aliphatic hydroxyl groups excluding tert-OH is 1. The average Bonchev–Trinajstić information content (AvgIpc) is 3.02. The van der Waals surface area contributed by atoms with Crippen molar-refractivity contribution in [2.24, 2.45) is 0 Å². The number of benzene rings is 2. The third-order valence-corrected chi connectivity index (χ3v) is 3.60. The first-order valence-electron chi connectivity index (χ1n) is 7.56. The van der Waals surface area contributed by atoms with Crippen LogP contribution >= 0.6 is 0 Å². The Morgan fingerprint density at radius 3 is 2.41 bits per heavy atom. The molecule has 0 saturated carbocycles. The predicted octanol–water partition coefficient (Wildman–Crippen LogP) is 2.61. The molecule has 116 valence electrons. The van der Waals surface area contributed by atoms with Crippen LogP contribution in [0.1, 0.15) is 11.1 Å². The van der Waals surface area contributed by atoms with Gasteiger partial charge >= 0.3 is 0 Å². The molecule has 0 radical (unpaired) electrons. The molecule has 0 saturated heterocycles. The van der Waals surface area contributed by atoms with E-state index in [0.717, 1.165) is 36.7 Å². The molecule has 2 aromatic carbocycles. The molecule has 3 rings (SSSR count). The van der Waals surface area contributed by atoms with Gasteiger partial charge in [0.15, 0.2) is 0 Å². The van der Waals surface area contributed by atoms with Gasteiger partial charge in [-0.2, -0.15) is 0 Å². The maximum absolute atomic E-state index is 8.71. The van der Waals surface area contributed by atoms with Gasteiger partial charge < -0.3 is 19.3 Å². The molecule has 0 spiro atoms. The van der Waals surface area contributed by atoms with Crippen LogP contribution in [0.15, 0.2) is 42.5 Å². The molecule has 0 unspecified atom stereocenters. The van der Waals surface area contributed by atoms with Crippen molar-refractivity contribution >= 4 is 0 Å². The Hall–Kier alpha value is -2.20. The van der Waals surface area contributed by atoms with Crippen molar-refractivity contribution in [2.45, 2.75) is 12.8 Å². The summed E-state index contributed by atoms with van der Waals surface area (Å²) in [6, 6.07) is 13.8. The maximum atomic E-state index is 8.71. The molecule has 0 fully saturated rings. The van der Waals surface area contributed by atoms with Gasteiger partial charge in [0.2, 0.25) is 0 Å². The van der Waals surface area contributed by atoms with Crippen LogP contribution in [0.25, 0.3) is 0 Å². The lowest BCUT2D eigenvalue weighted by Gasteiger charge is -2.09. The summed E-state index contributed by atoms with van der Waals surface area (Å²) in [5, 5.41) is 8.71. The fourth-order valence-corrected chi connectivity index (χ4v) is 2.48. The Kier molecular flexibility index (Phi) is 4.81. The van der Waals surface area contributed by atoms with Crippen molar-refractivity contribution in [3.63, 3.8) is 0 Å². The van der Waals surface area contributed by atoms with Crippen LogP contribution in [0.3, 0.4) is 0 Å². The largest absolute Gasteiger partial charge is 0.493 e. The molecule has 0 aromatic heterocycles. The third kappa shape index (κ3) is 3.71. The van der Waals surface area contributed by atoms with Gasteiger partial charge in [0.05, 0.1) is 19.8 Å². The van der Waals surface area contributed by atoms with Gasteiger partial charge in [0, 0.05) is 12.8 Å². The van der Waals surface area contributed by atoms with Crippen molar-refractivity contribution in [1.82, 2.24) is 0 Å². The summed E-state index contributed by atoms with van der Waals surface area (Å²) in [6.07, 6.45) is 1.87. The first-order valence-corrected chi connectivity index (χ1v) is 7.56. The second kappa shape index (κ2) is 7.18. The van der Waals surface area contributed by atoms with Crippen LogP contribution < -0.4 is 14.2 Å². The van der Waals surface area contributed by atoms with Crippen molar-refractivity contribution in [2.75, 3.05) is 26.4 Å². The molecule has 1 N–H and O–H groups in total. The summed E-state index contributed by atoms with van der Waals surface area (Å²) in [5.74, 6) is 2.57. The van der Waals surface area contributed by atoms with E-state index in [1.807, 2.05) is 30.3 Å². The number of ether oxygens (including phenoxy) is 3. The fourth-order valence-electron chi connectivity index (χ4n) is 2.48. The van der Waals surface area contributed by atoms with Crippen LogP contribution in [0.4, 0.5) is 0 Å². The highest BCUT2D eigenvalue weighted by atomic mass is 16.5. The molecule has 0 aliphatic carbocycles. The Bertz CT molecular complexity index is 607. The monoisotopic (exact) mass is 300 g/mol. The van der Waals surface area contributed by atoms with Gasteiger partial charge in [-0.1, -0.05) is 12.1 Å². The van der Waals surface area contributed by atoms with E-state index in [-0.39, 0.29) is 6.61 Å². The SMILES string of the molecule is OCCOc1ccc(OCCc2ccc3c(c2)CCO3)cc1. The summed E-state index contributed by atoms with van der Waals surface area (Å²) in [5.41, 5.74) is 2.56. The third-order valence-electron chi connectivity index (χ3n) is 3.60. The Labute approximate surface area is 130 Å². The van der Waals surface area contributed by atoms with Crippen LogP contribution in [-0.2, 0) is 12.8 Å². The minimum Gasteiger partial charge on any atom is -0.493 e. The predicted molar refractivity (Wildman–Crippen MR) is 83.9 cm³/mol. The normalized spacial score (nSPS) is 12.6. The molecule has 0 amide bonds. The maximum Gasteiger partial charge on any atom is 0.122 e. The minimum absolute atomic E-state index is 0.0179. The van der Waals surface area contributed by atoms with Gasteiger partial charge in [-0.05, 0) is 41.5 Å². The first kappa shape index (κ1) is 14.7. The molecule has 1 aliphatic rings. The summed E-state index contributed by atoms with van der Waals surface area (Å²) in [6.45, 7) is 1.75. The molecular formula is C18H20O4. The van der Waals surface area contributed by atoms with Gasteiger partial charge in [-0.25, -0.2) is 0 Å². The van der Waals surface area contributed by atoms with Crippen molar-refractivity contribution in [1.29, 1.82) is 0 Å². The Morgan fingerprint density at radius 2 is 1.68 bits per heavy atom. The number of fused-ring (bicyclic) bond motifs is 1. The number of rotatable bonds is 7. The van der Waals surface area contributed by atoms with Crippen LogP contribution in [0, 0.1) is 0 Å². The topological polar surface area (TPSA) is 47.9 Å². The van der Waals surface area contributed by atoms with E-state index >= 15 is 0 Å². The lowest BCUT2D eigenvalue weighted by atomic mass is 10.1. The standard InChI is InChI=1S/C18H20O4/c19-9-12-21-17-4-2-16(3-5-17)20-10-7-14-1-6-18-15(13-14)8-11-22-18/h1-6,13,19H,7-12H2. The minimum atomic E-state index is 0.0179. The van der Waals surface area contributed by atoms with E-state index in [0.29, 0.717) is 13.2 Å². The zero-order valence-corrected chi connectivity index (χ0v) is 12.5. The van der Waals surface area contributed by atoms with E-state index in [1.54, 1.807) is 0 Å². The van der Waals surface area contributed by atoms with Gasteiger partial charge in [0.1, 0.15) is 23.9 Å². The van der Waals surface area contributed by atoms with E-state index in [4.69, 9.17) is 19.3 Å². The number of hydrogen-bond donors (Lipinski definition) is 1. The number of hydrogen-bond acceptors (Lipinski definition) is 4. The Balaban J connectivity index is 1.48. The van der Waals surface area contributed by atoms with E-state index in [2.05, 4.69) is 12.1 Å². The van der Waals surface area contributed by atoms with Crippen LogP contribution in [0.2, 0.25) is 0 Å². The van der Waals surface area contributed by atoms with Crippen molar-refractivity contribution < 1.29 is 19.3 Å². The molecule has 0 atom stereocenters. The molecule has 1 aliphatic heterocycles. The van der Waals surface area contributed by atoms with Gasteiger partial charge in [-0.15, -0.1) is 0 Å². The Morgan fingerprint density at radius 1 is 0.955 bits per heavy atom. The smallest absolute Gasteiger partial charge is 0.122 e. The molecule has 22 heavy (non-hydrogen) atoms. The molecular weight excluding hydrogens is 280 g/mol. The molecule has 0 bridgehead atoms. The first-order chi connectivity index (χ1) is 10.8. The lowest BCUT2D eigenvalue weighted by Crippen LogP contribution is -2.03. The second-order valence-electron chi connectivity index (χ2n) is 5.18. The lowest BCUT2D eigenvalue weighted by molar-refractivity contribution is 0.201. The quantitative estimate of drug-likeness (QED) is 0.854. The fraction of sp³-hybridized carbons (Fsp3) is 0.333. The second-order valence-corrected chi connectivity index (χ2v) is 5.18. The zero-order valence-electron chi connectivity index (χ0n) is 12.5. The molecule has 1 heterocycles. The molecule has 2 aromatic rings. The van der Waals surface area contributed by atoms with Gasteiger partial charge in [-0.3, -0.25) is 0 Å². The van der Waals surface area contributed by atoms with E-state index in [9.17, 15) is 0 Å². The summed E-state index contributed by atoms with van der Waals surface area (Å²) in [4.78, 5) is 0. The summed E-state index contributed by atoms with van der Waals surface area (Å²) < 4.78 is 16.6. The number of aliphatic hydroxyl groups is 1. The van der Waals surface area contributed by atoms with Crippen molar-refractivity contribution in [3.8, 4) is 17.2 Å². The average molecular weight is 300 g/mol. The summed E-state index contributed by atoms with van der Waals surface area (Å²) in [7, 11) is 0. The summed E-state index contributed by atoms with van der Waals surface area (Å²) >= 11 is 0. The molecule has 4 nitrogen and oxygen atoms in total. The highest BCUT2D eigenvalue weighted by Crippen LogP contribution is 2.26. The highest BCUT2D eigenvalue weighted by Gasteiger charge is 2.11. The zero-order chi connectivity index (χ0) is 15.2. The van der Waals surface area contributed by atoms with Gasteiger partial charge in [0.25, 0.3) is 0 Å². The van der Waals surface area contributed by atoms with E-state index in [1.165, 1.54) is 11.1 Å². The van der Waals surface area contributed by atoms with E-state index < -0.39 is 0 Å². The highest BCUT2D eigenvalue weighted by molar-refractivity contribution is 5.40. The van der Waals surface area contributed by atoms with Crippen LogP contribution in [-0.4, -0.2) is 31.5 Å². The van der Waals surface area contributed by atoms with Crippen LogP contribution in [0.5, 0.6) is 17.2 Å².